The molecule has 0 saturated heterocycles. The summed E-state index contributed by atoms with van der Waals surface area (Å²) in [5.74, 6) is -1.08. The highest BCUT2D eigenvalue weighted by Gasteiger charge is 2.13. The Bertz CT molecular complexity index is 258. The first-order valence-electron chi connectivity index (χ1n) is 3.47. The maximum atomic E-state index is 12.8. The Kier molecular flexibility index (Phi) is 2.17. The van der Waals surface area contributed by atoms with Gasteiger partial charge in [-0.1, -0.05) is 0 Å². The smallest absolute Gasteiger partial charge is 0.206 e. The molecule has 0 unspecified atom stereocenters. The highest BCUT2D eigenvalue weighted by molar-refractivity contribution is 4.90. The Morgan fingerprint density at radius 1 is 1.36 bits per heavy atom. The van der Waals surface area contributed by atoms with E-state index >= 15 is 0 Å². The minimum Gasteiger partial charge on any atom is -0.206 e. The van der Waals surface area contributed by atoms with E-state index < -0.39 is 11.8 Å². The van der Waals surface area contributed by atoms with Crippen molar-refractivity contribution in [3.05, 3.63) is 30.1 Å². The number of rotatable bonds is 1. The molecule has 0 spiro atoms. The molecule has 1 aromatic heterocycles. The van der Waals surface area contributed by atoms with Crippen LogP contribution >= 0.6 is 0 Å². The second-order valence-corrected chi connectivity index (χ2v) is 2.67. The van der Waals surface area contributed by atoms with Gasteiger partial charge in [0.25, 0.3) is 0 Å². The normalized spacial score (nSPS) is 10.6. The second-order valence-electron chi connectivity index (χ2n) is 2.67. The highest BCUT2D eigenvalue weighted by Crippen LogP contribution is 1.99. The lowest BCUT2D eigenvalue weighted by atomic mass is 10.3. The first-order chi connectivity index (χ1) is 5.11. The number of nitrogens with zero attached hydrogens (tertiary/aromatic N) is 1. The molecule has 3 heteroatoms. The summed E-state index contributed by atoms with van der Waals surface area (Å²) in [6.45, 7) is 3.67. The van der Waals surface area contributed by atoms with Gasteiger partial charge in [-0.2, -0.15) is 4.57 Å². The van der Waals surface area contributed by atoms with E-state index in [2.05, 4.69) is 0 Å². The molecule has 0 fully saturated rings. The third-order valence-corrected chi connectivity index (χ3v) is 1.45. The lowest BCUT2D eigenvalue weighted by molar-refractivity contribution is -0.742. The van der Waals surface area contributed by atoms with Crippen molar-refractivity contribution in [3.8, 4) is 0 Å². The van der Waals surface area contributed by atoms with E-state index in [9.17, 15) is 8.78 Å². The van der Waals surface area contributed by atoms with Crippen molar-refractivity contribution in [2.45, 2.75) is 19.9 Å². The van der Waals surface area contributed by atoms with Crippen LogP contribution < -0.4 is 4.57 Å². The maximum absolute atomic E-state index is 12.8. The number of hydrogen-bond acceptors (Lipinski definition) is 0. The molecule has 0 aliphatic rings. The Hall–Kier alpha value is -0.990. The van der Waals surface area contributed by atoms with Gasteiger partial charge in [0.15, 0.2) is 12.2 Å². The number of aromatic nitrogens is 1. The van der Waals surface area contributed by atoms with Gasteiger partial charge in [0.1, 0.15) is 5.82 Å². The van der Waals surface area contributed by atoms with Gasteiger partial charge in [-0.15, -0.1) is 4.39 Å². The molecule has 11 heavy (non-hydrogen) atoms. The van der Waals surface area contributed by atoms with Crippen LogP contribution in [0.4, 0.5) is 8.78 Å². The zero-order chi connectivity index (χ0) is 8.43. The van der Waals surface area contributed by atoms with Crippen molar-refractivity contribution in [2.24, 2.45) is 0 Å². The fourth-order valence-electron chi connectivity index (χ4n) is 0.878. The molecule has 0 aromatic carbocycles. The van der Waals surface area contributed by atoms with Crippen LogP contribution in [0.15, 0.2) is 18.3 Å². The highest BCUT2D eigenvalue weighted by atomic mass is 19.1. The molecule has 60 valence electrons. The van der Waals surface area contributed by atoms with Gasteiger partial charge in [0, 0.05) is 6.07 Å². The topological polar surface area (TPSA) is 3.88 Å². The molecule has 0 aliphatic heterocycles. The minimum atomic E-state index is -0.542. The summed E-state index contributed by atoms with van der Waals surface area (Å²) in [6.07, 6.45) is 1.40. The SMILES string of the molecule is CC(C)[n+]1ccc(F)cc1F. The van der Waals surface area contributed by atoms with Gasteiger partial charge >= 0.3 is 5.95 Å². The first kappa shape index (κ1) is 8.11. The predicted octanol–water partition coefficient (Wildman–Crippen LogP) is 1.83. The third-order valence-electron chi connectivity index (χ3n) is 1.45. The molecule has 1 aromatic rings. The van der Waals surface area contributed by atoms with Crippen molar-refractivity contribution in [1.82, 2.24) is 0 Å². The molecule has 0 saturated carbocycles. The van der Waals surface area contributed by atoms with Crippen LogP contribution in [0.3, 0.4) is 0 Å². The summed E-state index contributed by atoms with van der Waals surface area (Å²) in [5.41, 5.74) is 0. The summed E-state index contributed by atoms with van der Waals surface area (Å²) in [7, 11) is 0. The Morgan fingerprint density at radius 2 is 2.00 bits per heavy atom. The van der Waals surface area contributed by atoms with E-state index in [-0.39, 0.29) is 6.04 Å². The molecule has 1 rings (SSSR count). The van der Waals surface area contributed by atoms with Crippen molar-refractivity contribution in [3.63, 3.8) is 0 Å². The number of halogens is 2. The van der Waals surface area contributed by atoms with Crippen LogP contribution in [-0.2, 0) is 0 Å². The molecule has 0 amide bonds. The Labute approximate surface area is 64.3 Å². The van der Waals surface area contributed by atoms with E-state index in [1.165, 1.54) is 16.8 Å². The standard InChI is InChI=1S/C8H10F2N/c1-6(2)11-4-3-7(9)5-8(11)10/h3-6H,1-2H3/q+1. The van der Waals surface area contributed by atoms with Gasteiger partial charge in [0.2, 0.25) is 0 Å². The van der Waals surface area contributed by atoms with Crippen LogP contribution in [-0.4, -0.2) is 0 Å². The molecule has 0 aliphatic carbocycles. The molecular weight excluding hydrogens is 148 g/mol. The zero-order valence-corrected chi connectivity index (χ0v) is 6.51. The fraction of sp³-hybridized carbons (Fsp3) is 0.375. The van der Waals surface area contributed by atoms with Gasteiger partial charge in [-0.3, -0.25) is 0 Å². The van der Waals surface area contributed by atoms with Crippen LogP contribution in [0.5, 0.6) is 0 Å². The minimum absolute atomic E-state index is 0.0237. The summed E-state index contributed by atoms with van der Waals surface area (Å²) in [5, 5.41) is 0. The average molecular weight is 158 g/mol. The fourth-order valence-corrected chi connectivity index (χ4v) is 0.878. The predicted molar refractivity (Wildman–Crippen MR) is 36.9 cm³/mol. The average Bonchev–Trinajstić information content (AvgIpc) is 1.85. The lowest BCUT2D eigenvalue weighted by Gasteiger charge is -1.99. The van der Waals surface area contributed by atoms with Crippen molar-refractivity contribution in [2.75, 3.05) is 0 Å². The van der Waals surface area contributed by atoms with Gasteiger partial charge in [0.05, 0.1) is 6.07 Å². The second kappa shape index (κ2) is 2.95. The summed E-state index contributed by atoms with van der Waals surface area (Å²) >= 11 is 0. The molecule has 1 heterocycles. The Balaban J connectivity index is 3.09. The third kappa shape index (κ3) is 1.73. The van der Waals surface area contributed by atoms with Crippen molar-refractivity contribution in [1.29, 1.82) is 0 Å². The summed E-state index contributed by atoms with van der Waals surface area (Å²) in [4.78, 5) is 0. The van der Waals surface area contributed by atoms with Crippen LogP contribution in [0.2, 0.25) is 0 Å². The summed E-state index contributed by atoms with van der Waals surface area (Å²) < 4.78 is 26.5. The molecule has 0 radical (unpaired) electrons. The van der Waals surface area contributed by atoms with Crippen LogP contribution in [0, 0.1) is 11.8 Å². The van der Waals surface area contributed by atoms with Gasteiger partial charge in [-0.05, 0) is 13.8 Å². The molecule has 0 bridgehead atoms. The van der Waals surface area contributed by atoms with E-state index in [1.807, 2.05) is 13.8 Å². The van der Waals surface area contributed by atoms with Crippen LogP contribution in [0.25, 0.3) is 0 Å². The number of pyridine rings is 1. The van der Waals surface area contributed by atoms with E-state index in [0.717, 1.165) is 6.07 Å². The maximum Gasteiger partial charge on any atom is 0.362 e. The van der Waals surface area contributed by atoms with Crippen LogP contribution in [0.1, 0.15) is 19.9 Å². The quantitative estimate of drug-likeness (QED) is 0.433. The van der Waals surface area contributed by atoms with E-state index in [1.54, 1.807) is 0 Å². The van der Waals surface area contributed by atoms with E-state index in [4.69, 9.17) is 0 Å². The molecule has 0 N–H and O–H groups in total. The largest absolute Gasteiger partial charge is 0.362 e. The first-order valence-corrected chi connectivity index (χ1v) is 3.47. The number of hydrogen-bond donors (Lipinski definition) is 0. The van der Waals surface area contributed by atoms with Gasteiger partial charge in [-0.25, -0.2) is 4.39 Å². The van der Waals surface area contributed by atoms with Gasteiger partial charge < -0.3 is 0 Å². The van der Waals surface area contributed by atoms with Crippen molar-refractivity contribution >= 4 is 0 Å². The monoisotopic (exact) mass is 158 g/mol. The summed E-state index contributed by atoms with van der Waals surface area (Å²) in [6, 6.07) is 2.14. The zero-order valence-electron chi connectivity index (χ0n) is 6.51. The molecular formula is C8H10F2N+. The Morgan fingerprint density at radius 3 is 2.45 bits per heavy atom. The van der Waals surface area contributed by atoms with Crippen molar-refractivity contribution < 1.29 is 13.3 Å². The molecule has 1 nitrogen and oxygen atoms in total. The van der Waals surface area contributed by atoms with E-state index in [0.29, 0.717) is 0 Å². The molecule has 0 atom stereocenters. The lowest BCUT2D eigenvalue weighted by Crippen LogP contribution is -2.39.